The molecule has 0 radical (unpaired) electrons. The predicted octanol–water partition coefficient (Wildman–Crippen LogP) is 1.05. The van der Waals surface area contributed by atoms with Crippen molar-refractivity contribution in [3.8, 4) is 5.75 Å². The quantitative estimate of drug-likeness (QED) is 0.393. The van der Waals surface area contributed by atoms with Crippen molar-refractivity contribution in [3.63, 3.8) is 0 Å². The van der Waals surface area contributed by atoms with Gasteiger partial charge in [-0.3, -0.25) is 15.1 Å². The number of aromatic nitrogens is 1. The fourth-order valence-corrected chi connectivity index (χ4v) is 2.64. The first-order valence-corrected chi connectivity index (χ1v) is 7.40. The van der Waals surface area contributed by atoms with E-state index in [2.05, 4.69) is 15.6 Å². The smallest absolute Gasteiger partial charge is 0.287 e. The number of nitrogens with zero attached hydrogens (tertiary/aromatic N) is 2. The molecule has 7 nitrogen and oxygen atoms in total. The lowest BCUT2D eigenvalue weighted by Gasteiger charge is -2.07. The normalized spacial score (nSPS) is 14.2. The summed E-state index contributed by atoms with van der Waals surface area (Å²) >= 11 is 1.61. The minimum Gasteiger partial charge on any atom is -0.506 e. The lowest BCUT2D eigenvalue weighted by Crippen LogP contribution is -2.26. The van der Waals surface area contributed by atoms with Crippen molar-refractivity contribution >= 4 is 11.8 Å². The fourth-order valence-electron chi connectivity index (χ4n) is 1.84. The molecule has 0 saturated heterocycles. The van der Waals surface area contributed by atoms with Crippen molar-refractivity contribution < 1.29 is 10.0 Å². The van der Waals surface area contributed by atoms with Crippen LogP contribution in [-0.4, -0.2) is 33.9 Å². The van der Waals surface area contributed by atoms with E-state index in [0.717, 1.165) is 5.75 Å². The Hall–Kier alpha value is -1.96. The fraction of sp³-hybridized carbons (Fsp3) is 0.417. The van der Waals surface area contributed by atoms with Crippen LogP contribution in [-0.2, 0) is 5.75 Å². The van der Waals surface area contributed by atoms with Gasteiger partial charge in [0.05, 0.1) is 17.0 Å². The second kappa shape index (κ2) is 6.99. The first-order valence-electron chi connectivity index (χ1n) is 6.24. The summed E-state index contributed by atoms with van der Waals surface area (Å²) in [5.74, 6) is 2.11. The molecule has 0 spiro atoms. The number of nitrogens with one attached hydrogen (secondary N) is 2. The van der Waals surface area contributed by atoms with Gasteiger partial charge in [-0.1, -0.05) is 0 Å². The van der Waals surface area contributed by atoms with Crippen molar-refractivity contribution in [2.45, 2.75) is 12.2 Å². The molecule has 1 aliphatic heterocycles. The summed E-state index contributed by atoms with van der Waals surface area (Å²) in [7, 11) is 0. The van der Waals surface area contributed by atoms with Crippen LogP contribution in [0.4, 0.5) is 0 Å². The summed E-state index contributed by atoms with van der Waals surface area (Å²) in [6.45, 7) is 1.23. The monoisotopic (exact) mass is 296 g/mol. The molecule has 0 atom stereocenters. The van der Waals surface area contributed by atoms with Crippen LogP contribution in [0.25, 0.3) is 0 Å². The zero-order chi connectivity index (χ0) is 14.4. The molecule has 2 heterocycles. The Labute approximate surface area is 120 Å². The third-order valence-electron chi connectivity index (χ3n) is 2.83. The topological polar surface area (TPSA) is 100 Å². The van der Waals surface area contributed by atoms with Gasteiger partial charge in [0.25, 0.3) is 5.70 Å². The number of rotatable bonds is 7. The zero-order valence-corrected chi connectivity index (χ0v) is 11.7. The first-order chi connectivity index (χ1) is 9.68. The van der Waals surface area contributed by atoms with E-state index in [0.29, 0.717) is 36.8 Å². The van der Waals surface area contributed by atoms with Crippen LogP contribution in [0.1, 0.15) is 12.1 Å². The average Bonchev–Trinajstić information content (AvgIpc) is 2.89. The third kappa shape index (κ3) is 3.77. The Balaban J connectivity index is 1.71. The maximum Gasteiger partial charge on any atom is 0.287 e. The second-order valence-corrected chi connectivity index (χ2v) is 5.31. The number of nitro groups is 1. The minimum atomic E-state index is -0.346. The van der Waals surface area contributed by atoms with Crippen LogP contribution in [0.2, 0.25) is 0 Å². The highest BCUT2D eigenvalue weighted by atomic mass is 32.2. The number of pyridine rings is 1. The SMILES string of the molecule is O=[N+]([O-])C1=C(NCCSCc2ncccc2O)NCC1. The van der Waals surface area contributed by atoms with E-state index in [1.165, 1.54) is 0 Å². The predicted molar refractivity (Wildman–Crippen MR) is 76.7 cm³/mol. The Morgan fingerprint density at radius 2 is 2.45 bits per heavy atom. The van der Waals surface area contributed by atoms with Gasteiger partial charge in [-0.05, 0) is 12.1 Å². The van der Waals surface area contributed by atoms with Crippen LogP contribution >= 0.6 is 11.8 Å². The van der Waals surface area contributed by atoms with Gasteiger partial charge < -0.3 is 15.7 Å². The highest BCUT2D eigenvalue weighted by Gasteiger charge is 2.23. The molecule has 0 aliphatic carbocycles. The largest absolute Gasteiger partial charge is 0.506 e. The summed E-state index contributed by atoms with van der Waals surface area (Å²) in [6.07, 6.45) is 2.09. The summed E-state index contributed by atoms with van der Waals surface area (Å²) in [5.41, 5.74) is 0.874. The summed E-state index contributed by atoms with van der Waals surface area (Å²) in [6, 6.07) is 3.29. The van der Waals surface area contributed by atoms with Crippen molar-refractivity contribution in [1.29, 1.82) is 0 Å². The number of hydrogen-bond donors (Lipinski definition) is 3. The van der Waals surface area contributed by atoms with Gasteiger partial charge in [-0.15, -0.1) is 0 Å². The van der Waals surface area contributed by atoms with Gasteiger partial charge in [-0.2, -0.15) is 11.8 Å². The number of thioether (sulfide) groups is 1. The molecule has 1 aliphatic rings. The molecule has 0 fully saturated rings. The molecule has 2 rings (SSSR count). The molecular formula is C12H16N4O3S. The van der Waals surface area contributed by atoms with Crippen molar-refractivity contribution in [3.05, 3.63) is 45.7 Å². The molecule has 108 valence electrons. The summed E-state index contributed by atoms with van der Waals surface area (Å²) < 4.78 is 0. The average molecular weight is 296 g/mol. The Morgan fingerprint density at radius 1 is 1.60 bits per heavy atom. The highest BCUT2D eigenvalue weighted by Crippen LogP contribution is 2.18. The zero-order valence-electron chi connectivity index (χ0n) is 10.8. The standard InChI is InChI=1S/C12H16N4O3S/c17-11-2-1-4-13-9(11)8-20-7-6-15-12-10(16(18)19)3-5-14-12/h1-2,4,14-15,17H,3,5-8H2. The van der Waals surface area contributed by atoms with E-state index in [-0.39, 0.29) is 16.4 Å². The van der Waals surface area contributed by atoms with Crippen molar-refractivity contribution in [2.75, 3.05) is 18.8 Å². The molecule has 0 unspecified atom stereocenters. The Bertz CT molecular complexity index is 521. The van der Waals surface area contributed by atoms with Crippen LogP contribution in [0.3, 0.4) is 0 Å². The molecule has 0 bridgehead atoms. The van der Waals surface area contributed by atoms with E-state index >= 15 is 0 Å². The molecule has 1 aromatic rings. The highest BCUT2D eigenvalue weighted by molar-refractivity contribution is 7.98. The van der Waals surface area contributed by atoms with Gasteiger partial charge >= 0.3 is 0 Å². The van der Waals surface area contributed by atoms with E-state index in [1.807, 2.05) is 0 Å². The summed E-state index contributed by atoms with van der Waals surface area (Å²) in [4.78, 5) is 14.5. The van der Waals surface area contributed by atoms with E-state index in [1.54, 1.807) is 30.1 Å². The van der Waals surface area contributed by atoms with E-state index < -0.39 is 0 Å². The van der Waals surface area contributed by atoms with Crippen LogP contribution in [0.15, 0.2) is 29.8 Å². The maximum absolute atomic E-state index is 10.7. The van der Waals surface area contributed by atoms with Gasteiger partial charge in [0.1, 0.15) is 5.75 Å². The van der Waals surface area contributed by atoms with Crippen LogP contribution in [0, 0.1) is 10.1 Å². The minimum absolute atomic E-state index is 0.198. The Kier molecular flexibility index (Phi) is 5.05. The third-order valence-corrected chi connectivity index (χ3v) is 3.80. The first kappa shape index (κ1) is 14.4. The molecule has 0 saturated carbocycles. The molecule has 0 aromatic carbocycles. The molecule has 0 amide bonds. The van der Waals surface area contributed by atoms with Gasteiger partial charge in [0.15, 0.2) is 5.82 Å². The number of aromatic hydroxyl groups is 1. The lowest BCUT2D eigenvalue weighted by atomic mass is 10.3. The van der Waals surface area contributed by atoms with Crippen LogP contribution < -0.4 is 10.6 Å². The second-order valence-electron chi connectivity index (χ2n) is 4.20. The molecular weight excluding hydrogens is 280 g/mol. The van der Waals surface area contributed by atoms with E-state index in [9.17, 15) is 15.2 Å². The molecule has 8 heteroatoms. The maximum atomic E-state index is 10.7. The van der Waals surface area contributed by atoms with Gasteiger partial charge in [0.2, 0.25) is 0 Å². The molecule has 3 N–H and O–H groups in total. The van der Waals surface area contributed by atoms with E-state index in [4.69, 9.17) is 0 Å². The van der Waals surface area contributed by atoms with Crippen molar-refractivity contribution in [2.24, 2.45) is 0 Å². The molecule has 20 heavy (non-hydrogen) atoms. The lowest BCUT2D eigenvalue weighted by molar-refractivity contribution is -0.427. The molecule has 1 aromatic heterocycles. The summed E-state index contributed by atoms with van der Waals surface area (Å²) in [5, 5.41) is 26.3. The number of hydrogen-bond acceptors (Lipinski definition) is 7. The Morgan fingerprint density at radius 3 is 3.20 bits per heavy atom. The van der Waals surface area contributed by atoms with Crippen molar-refractivity contribution in [1.82, 2.24) is 15.6 Å². The van der Waals surface area contributed by atoms with Crippen LogP contribution in [0.5, 0.6) is 5.75 Å². The van der Waals surface area contributed by atoms with Gasteiger partial charge in [-0.25, -0.2) is 0 Å². The van der Waals surface area contributed by atoms with Gasteiger partial charge in [0, 0.05) is 30.8 Å².